The zero-order chi connectivity index (χ0) is 19.5. The van der Waals surface area contributed by atoms with E-state index < -0.39 is 0 Å². The highest BCUT2D eigenvalue weighted by atomic mass is 32.1. The Labute approximate surface area is 170 Å². The van der Waals surface area contributed by atoms with Crippen LogP contribution in [0.1, 0.15) is 17.7 Å². The van der Waals surface area contributed by atoms with Gasteiger partial charge in [-0.2, -0.15) is 5.10 Å². The standard InChI is InChI=1S/C20H24N6OS/c1-14-12-18-19(22-13-14)16(6-11-27-18)23-24-20(28)26-9-7-25(8-10-26)17-5-3-2-4-15(17)21/h2-5,12-13H,6-11,21H2,1H3,(H,24,28)/b23-16-. The molecule has 0 unspecified atom stereocenters. The average molecular weight is 397 g/mol. The molecule has 1 fully saturated rings. The first-order chi connectivity index (χ1) is 13.6. The van der Waals surface area contributed by atoms with Crippen LogP contribution >= 0.6 is 12.2 Å². The number of pyridine rings is 1. The number of anilines is 2. The molecule has 1 aromatic heterocycles. The molecule has 2 aliphatic rings. The molecule has 0 bridgehead atoms. The minimum absolute atomic E-state index is 0.600. The van der Waals surface area contributed by atoms with Crippen molar-refractivity contribution in [1.82, 2.24) is 15.3 Å². The number of rotatable bonds is 2. The number of para-hydroxylation sites is 2. The second-order valence-electron chi connectivity index (χ2n) is 6.97. The SMILES string of the molecule is Cc1cnc2c(c1)OCC/C2=N/NC(=S)N1CCN(c2ccccc2N)CC1. The van der Waals surface area contributed by atoms with Gasteiger partial charge in [0.05, 0.1) is 23.7 Å². The summed E-state index contributed by atoms with van der Waals surface area (Å²) in [5.41, 5.74) is 13.8. The zero-order valence-corrected chi connectivity index (χ0v) is 16.7. The molecular formula is C20H24N6OS. The number of nitrogens with one attached hydrogen (secondary N) is 1. The lowest BCUT2D eigenvalue weighted by Crippen LogP contribution is -2.51. The van der Waals surface area contributed by atoms with E-state index in [1.807, 2.05) is 37.4 Å². The molecule has 28 heavy (non-hydrogen) atoms. The van der Waals surface area contributed by atoms with E-state index in [-0.39, 0.29) is 0 Å². The molecule has 3 heterocycles. The fourth-order valence-electron chi connectivity index (χ4n) is 3.47. The lowest BCUT2D eigenvalue weighted by molar-refractivity contribution is 0.317. The molecule has 0 spiro atoms. The van der Waals surface area contributed by atoms with Crippen molar-refractivity contribution in [2.24, 2.45) is 5.10 Å². The van der Waals surface area contributed by atoms with Crippen LogP contribution in [0.4, 0.5) is 11.4 Å². The minimum atomic E-state index is 0.600. The van der Waals surface area contributed by atoms with Crippen LogP contribution < -0.4 is 20.8 Å². The third-order valence-electron chi connectivity index (χ3n) is 4.99. The second-order valence-corrected chi connectivity index (χ2v) is 7.35. The predicted octanol–water partition coefficient (Wildman–Crippen LogP) is 2.16. The number of hydrazone groups is 1. The normalized spacial score (nSPS) is 17.8. The summed E-state index contributed by atoms with van der Waals surface area (Å²) in [6.45, 7) is 5.97. The molecule has 0 atom stereocenters. The summed E-state index contributed by atoms with van der Waals surface area (Å²) in [7, 11) is 0. The van der Waals surface area contributed by atoms with Gasteiger partial charge in [0.2, 0.25) is 0 Å². The van der Waals surface area contributed by atoms with Crippen LogP contribution in [0.25, 0.3) is 0 Å². The number of nitrogen functional groups attached to an aromatic ring is 1. The molecule has 0 aliphatic carbocycles. The fraction of sp³-hybridized carbons (Fsp3) is 0.350. The average Bonchev–Trinajstić information content (AvgIpc) is 2.72. The molecule has 1 aromatic carbocycles. The Morgan fingerprint density at radius 3 is 2.82 bits per heavy atom. The Morgan fingerprint density at radius 1 is 1.25 bits per heavy atom. The first-order valence-electron chi connectivity index (χ1n) is 9.42. The number of ether oxygens (including phenoxy) is 1. The van der Waals surface area contributed by atoms with Crippen molar-refractivity contribution in [3.63, 3.8) is 0 Å². The number of hydrogen-bond acceptors (Lipinski definition) is 6. The first-order valence-corrected chi connectivity index (χ1v) is 9.83. The molecule has 146 valence electrons. The Hall–Kier alpha value is -2.87. The number of piperazine rings is 1. The van der Waals surface area contributed by atoms with Crippen molar-refractivity contribution in [3.05, 3.63) is 47.8 Å². The summed E-state index contributed by atoms with van der Waals surface area (Å²) in [5, 5.41) is 5.16. The van der Waals surface area contributed by atoms with Crippen LogP contribution in [0.5, 0.6) is 5.75 Å². The Bertz CT molecular complexity index is 907. The van der Waals surface area contributed by atoms with Crippen LogP contribution in [-0.2, 0) is 0 Å². The molecule has 2 aliphatic heterocycles. The van der Waals surface area contributed by atoms with E-state index in [0.29, 0.717) is 18.1 Å². The summed E-state index contributed by atoms with van der Waals surface area (Å²) in [4.78, 5) is 8.90. The van der Waals surface area contributed by atoms with E-state index in [0.717, 1.165) is 60.3 Å². The zero-order valence-electron chi connectivity index (χ0n) is 15.9. The van der Waals surface area contributed by atoms with Crippen LogP contribution in [0.3, 0.4) is 0 Å². The van der Waals surface area contributed by atoms with Crippen molar-refractivity contribution in [2.75, 3.05) is 43.4 Å². The van der Waals surface area contributed by atoms with Gasteiger partial charge < -0.3 is 20.3 Å². The number of benzene rings is 1. The van der Waals surface area contributed by atoms with Gasteiger partial charge in [-0.05, 0) is 42.9 Å². The number of fused-ring (bicyclic) bond motifs is 1. The smallest absolute Gasteiger partial charge is 0.189 e. The van der Waals surface area contributed by atoms with Crippen LogP contribution in [0, 0.1) is 6.92 Å². The van der Waals surface area contributed by atoms with Crippen LogP contribution in [0.2, 0.25) is 0 Å². The second kappa shape index (κ2) is 8.02. The van der Waals surface area contributed by atoms with Gasteiger partial charge in [-0.1, -0.05) is 12.1 Å². The molecule has 0 saturated carbocycles. The lowest BCUT2D eigenvalue weighted by atomic mass is 10.1. The molecule has 8 heteroatoms. The van der Waals surface area contributed by atoms with E-state index in [1.165, 1.54) is 0 Å². The van der Waals surface area contributed by atoms with E-state index >= 15 is 0 Å². The number of aryl methyl sites for hydroxylation is 1. The fourth-order valence-corrected chi connectivity index (χ4v) is 3.69. The van der Waals surface area contributed by atoms with Crippen molar-refractivity contribution < 1.29 is 4.74 Å². The number of hydrogen-bond donors (Lipinski definition) is 2. The lowest BCUT2D eigenvalue weighted by Gasteiger charge is -2.37. The quantitative estimate of drug-likeness (QED) is 0.457. The molecule has 0 radical (unpaired) electrons. The Balaban J connectivity index is 1.37. The molecule has 2 aromatic rings. The molecule has 7 nitrogen and oxygen atoms in total. The molecule has 4 rings (SSSR count). The highest BCUT2D eigenvalue weighted by Crippen LogP contribution is 2.25. The van der Waals surface area contributed by atoms with Crippen molar-refractivity contribution in [3.8, 4) is 5.75 Å². The molecular weight excluding hydrogens is 372 g/mol. The van der Waals surface area contributed by atoms with Gasteiger partial charge in [0.15, 0.2) is 5.11 Å². The molecule has 1 saturated heterocycles. The van der Waals surface area contributed by atoms with Crippen molar-refractivity contribution in [1.29, 1.82) is 0 Å². The van der Waals surface area contributed by atoms with Gasteiger partial charge in [0.25, 0.3) is 0 Å². The van der Waals surface area contributed by atoms with Crippen LogP contribution in [-0.4, -0.2) is 53.5 Å². The Morgan fingerprint density at radius 2 is 2.04 bits per heavy atom. The van der Waals surface area contributed by atoms with E-state index in [9.17, 15) is 0 Å². The summed E-state index contributed by atoms with van der Waals surface area (Å²) in [6, 6.07) is 9.96. The largest absolute Gasteiger partial charge is 0.491 e. The monoisotopic (exact) mass is 396 g/mol. The maximum absolute atomic E-state index is 6.10. The summed E-state index contributed by atoms with van der Waals surface area (Å²) < 4.78 is 5.69. The maximum Gasteiger partial charge on any atom is 0.189 e. The highest BCUT2D eigenvalue weighted by molar-refractivity contribution is 7.80. The van der Waals surface area contributed by atoms with Crippen molar-refractivity contribution in [2.45, 2.75) is 13.3 Å². The van der Waals surface area contributed by atoms with Gasteiger partial charge >= 0.3 is 0 Å². The maximum atomic E-state index is 6.10. The third kappa shape index (κ3) is 3.87. The molecule has 0 amide bonds. The van der Waals surface area contributed by atoms with Gasteiger partial charge in [-0.3, -0.25) is 10.4 Å². The topological polar surface area (TPSA) is 79.0 Å². The number of thiocarbonyl (C=S) groups is 1. The predicted molar refractivity (Wildman–Crippen MR) is 116 cm³/mol. The number of aromatic nitrogens is 1. The van der Waals surface area contributed by atoms with Gasteiger partial charge in [-0.25, -0.2) is 0 Å². The first kappa shape index (κ1) is 18.5. The van der Waals surface area contributed by atoms with Gasteiger partial charge in [0, 0.05) is 38.8 Å². The Kier molecular flexibility index (Phi) is 5.29. The number of nitrogens with zero attached hydrogens (tertiary/aromatic N) is 4. The summed E-state index contributed by atoms with van der Waals surface area (Å²) in [5.74, 6) is 0.784. The summed E-state index contributed by atoms with van der Waals surface area (Å²) >= 11 is 5.56. The number of nitrogens with two attached hydrogens (primary N) is 1. The van der Waals surface area contributed by atoms with Crippen molar-refractivity contribution >= 4 is 34.4 Å². The van der Waals surface area contributed by atoms with Gasteiger partial charge in [-0.15, -0.1) is 0 Å². The summed E-state index contributed by atoms with van der Waals surface area (Å²) in [6.07, 6.45) is 2.54. The highest BCUT2D eigenvalue weighted by Gasteiger charge is 2.22. The minimum Gasteiger partial charge on any atom is -0.491 e. The van der Waals surface area contributed by atoms with E-state index in [2.05, 4.69) is 31.4 Å². The third-order valence-corrected chi connectivity index (χ3v) is 5.34. The molecule has 3 N–H and O–H groups in total. The van der Waals surface area contributed by atoms with E-state index in [4.69, 9.17) is 22.7 Å². The van der Waals surface area contributed by atoms with Gasteiger partial charge in [0.1, 0.15) is 11.4 Å². The van der Waals surface area contributed by atoms with E-state index in [1.54, 1.807) is 0 Å². The van der Waals surface area contributed by atoms with Crippen LogP contribution in [0.15, 0.2) is 41.6 Å².